The minimum absolute atomic E-state index is 0.0177. The number of rotatable bonds is 16. The average Bonchev–Trinajstić information content (AvgIpc) is 2.97. The van der Waals surface area contributed by atoms with Gasteiger partial charge < -0.3 is 20.7 Å². The summed E-state index contributed by atoms with van der Waals surface area (Å²) in [6.07, 6.45) is 12.6. The molecule has 2 unspecified atom stereocenters. The van der Waals surface area contributed by atoms with Crippen molar-refractivity contribution in [2.24, 2.45) is 17.6 Å². The molecule has 1 heterocycles. The first-order valence-corrected chi connectivity index (χ1v) is 14.5. The normalized spacial score (nSPS) is 15.8. The Kier molecular flexibility index (Phi) is 12.3. The molecule has 0 radical (unpaired) electrons. The van der Waals surface area contributed by atoms with Gasteiger partial charge in [-0.3, -0.25) is 9.59 Å². The van der Waals surface area contributed by atoms with E-state index in [1.807, 2.05) is 31.5 Å². The van der Waals surface area contributed by atoms with Crippen molar-refractivity contribution in [3.8, 4) is 5.75 Å². The molecule has 2 amide bonds. The molecule has 1 aromatic carbocycles. The molecule has 0 aliphatic heterocycles. The van der Waals surface area contributed by atoms with E-state index in [9.17, 15) is 9.59 Å². The highest BCUT2D eigenvalue weighted by molar-refractivity contribution is 5.81. The summed E-state index contributed by atoms with van der Waals surface area (Å²) in [5, 5.41) is 2.98. The maximum absolute atomic E-state index is 12.5. The van der Waals surface area contributed by atoms with Crippen molar-refractivity contribution < 1.29 is 14.3 Å². The Bertz CT molecular complexity index is 1070. The molecule has 8 nitrogen and oxygen atoms in total. The van der Waals surface area contributed by atoms with Crippen LogP contribution in [0.1, 0.15) is 76.8 Å². The topological polar surface area (TPSA) is 110 Å². The molecule has 0 spiro atoms. The number of hydrogen-bond donors (Lipinski definition) is 2. The number of amides is 2. The average molecular weight is 536 g/mol. The smallest absolute Gasteiger partial charge is 0.225 e. The van der Waals surface area contributed by atoms with Crippen molar-refractivity contribution >= 4 is 23.3 Å². The molecule has 0 bridgehead atoms. The van der Waals surface area contributed by atoms with E-state index in [-0.39, 0.29) is 23.7 Å². The number of anilines is 1. The van der Waals surface area contributed by atoms with Crippen molar-refractivity contribution in [1.82, 2.24) is 15.3 Å². The van der Waals surface area contributed by atoms with E-state index in [4.69, 9.17) is 10.5 Å². The zero-order chi connectivity index (χ0) is 28.0. The highest BCUT2D eigenvalue weighted by atomic mass is 16.5. The fourth-order valence-corrected chi connectivity index (χ4v) is 4.85. The number of benzene rings is 1. The van der Waals surface area contributed by atoms with Crippen molar-refractivity contribution in [2.45, 2.75) is 72.1 Å². The van der Waals surface area contributed by atoms with Gasteiger partial charge >= 0.3 is 0 Å². The lowest BCUT2D eigenvalue weighted by Crippen LogP contribution is -2.34. The summed E-state index contributed by atoms with van der Waals surface area (Å²) in [5.74, 6) is 1.25. The lowest BCUT2D eigenvalue weighted by Gasteiger charge is -2.22. The van der Waals surface area contributed by atoms with Crippen LogP contribution in [0.2, 0.25) is 0 Å². The number of aromatic nitrogens is 2. The molecule has 0 fully saturated rings. The van der Waals surface area contributed by atoms with Gasteiger partial charge in [-0.15, -0.1) is 0 Å². The number of nitrogens with zero attached hydrogens (tertiary/aromatic N) is 3. The van der Waals surface area contributed by atoms with E-state index in [0.29, 0.717) is 26.0 Å². The molecule has 1 aliphatic rings. The van der Waals surface area contributed by atoms with Gasteiger partial charge in [0.05, 0.1) is 6.61 Å². The molecular formula is C31H45N5O3. The van der Waals surface area contributed by atoms with E-state index >= 15 is 0 Å². The quantitative estimate of drug-likeness (QED) is 0.295. The standard InChI is InChI=1S/C31H45N5O3/c1-4-23-21-34-31(35-22-23)36(6-3)19-7-8-20-39-28-15-13-26(14-16-28)25-9-11-27(12-10-25)30(38)33-18-17-24(5-2)29(32)37/h9,13-16,21-22,24,27H,4-8,10-12,17-20H2,1-3H3,(H2,32,37)(H,33,38). The first kappa shape index (κ1) is 30.1. The van der Waals surface area contributed by atoms with Crippen LogP contribution in [0.15, 0.2) is 42.7 Å². The minimum Gasteiger partial charge on any atom is -0.494 e. The summed E-state index contributed by atoms with van der Waals surface area (Å²) >= 11 is 0. The van der Waals surface area contributed by atoms with Gasteiger partial charge in [-0.2, -0.15) is 0 Å². The van der Waals surface area contributed by atoms with Crippen molar-refractivity contribution in [3.05, 3.63) is 53.9 Å². The van der Waals surface area contributed by atoms with E-state index in [1.54, 1.807) is 0 Å². The highest BCUT2D eigenvalue weighted by Crippen LogP contribution is 2.31. The van der Waals surface area contributed by atoms with Gasteiger partial charge in [-0.25, -0.2) is 9.97 Å². The van der Waals surface area contributed by atoms with Crippen LogP contribution in [0.25, 0.3) is 5.57 Å². The Morgan fingerprint density at radius 1 is 1.13 bits per heavy atom. The molecule has 212 valence electrons. The van der Waals surface area contributed by atoms with E-state index in [0.717, 1.165) is 68.9 Å². The predicted molar refractivity (Wildman–Crippen MR) is 156 cm³/mol. The number of allylic oxidation sites excluding steroid dienone is 2. The second-order valence-corrected chi connectivity index (χ2v) is 10.2. The van der Waals surface area contributed by atoms with Gasteiger partial charge in [0.25, 0.3) is 0 Å². The number of carbonyl (C=O) groups excluding carboxylic acids is 2. The molecule has 3 N–H and O–H groups in total. The second-order valence-electron chi connectivity index (χ2n) is 10.2. The third kappa shape index (κ3) is 9.37. The first-order chi connectivity index (χ1) is 18.9. The predicted octanol–water partition coefficient (Wildman–Crippen LogP) is 4.93. The first-order valence-electron chi connectivity index (χ1n) is 14.5. The Hall–Kier alpha value is -3.42. The zero-order valence-electron chi connectivity index (χ0n) is 23.8. The number of nitrogens with two attached hydrogens (primary N) is 1. The number of carbonyl (C=O) groups is 2. The lowest BCUT2D eigenvalue weighted by molar-refractivity contribution is -0.126. The molecule has 1 aromatic heterocycles. The maximum Gasteiger partial charge on any atom is 0.225 e. The molecule has 2 aromatic rings. The summed E-state index contributed by atoms with van der Waals surface area (Å²) in [6, 6.07) is 8.26. The summed E-state index contributed by atoms with van der Waals surface area (Å²) in [6.45, 7) is 9.12. The van der Waals surface area contributed by atoms with E-state index in [1.165, 1.54) is 11.1 Å². The van der Waals surface area contributed by atoms with Crippen molar-refractivity contribution in [1.29, 1.82) is 0 Å². The van der Waals surface area contributed by atoms with Gasteiger partial charge in [0, 0.05) is 43.9 Å². The van der Waals surface area contributed by atoms with Crippen LogP contribution in [0.3, 0.4) is 0 Å². The monoisotopic (exact) mass is 535 g/mol. The Labute approximate surface area is 233 Å². The minimum atomic E-state index is -0.295. The number of primary amides is 1. The fourth-order valence-electron chi connectivity index (χ4n) is 4.85. The molecule has 39 heavy (non-hydrogen) atoms. The summed E-state index contributed by atoms with van der Waals surface area (Å²) in [5.41, 5.74) is 9.00. The van der Waals surface area contributed by atoms with E-state index in [2.05, 4.69) is 52.2 Å². The van der Waals surface area contributed by atoms with Gasteiger partial charge in [0.2, 0.25) is 17.8 Å². The number of hydrogen-bond acceptors (Lipinski definition) is 6. The number of ether oxygens (including phenoxy) is 1. The molecule has 3 rings (SSSR count). The SMILES string of the molecule is CCc1cnc(N(CC)CCCCOc2ccc(C3=CCC(C(=O)NCCC(CC)C(N)=O)CC3)cc2)nc1. The lowest BCUT2D eigenvalue weighted by atomic mass is 9.86. The third-order valence-electron chi connectivity index (χ3n) is 7.55. The molecule has 8 heteroatoms. The number of aryl methyl sites for hydroxylation is 1. The maximum atomic E-state index is 12.5. The number of nitrogens with one attached hydrogen (secondary N) is 1. The molecule has 0 saturated heterocycles. The van der Waals surface area contributed by atoms with Crippen LogP contribution in [0.4, 0.5) is 5.95 Å². The van der Waals surface area contributed by atoms with Gasteiger partial charge in [-0.1, -0.05) is 32.1 Å². The zero-order valence-corrected chi connectivity index (χ0v) is 23.8. The Balaban J connectivity index is 1.36. The van der Waals surface area contributed by atoms with Crippen LogP contribution in [-0.4, -0.2) is 48.0 Å². The second kappa shape index (κ2) is 15.9. The highest BCUT2D eigenvalue weighted by Gasteiger charge is 2.22. The van der Waals surface area contributed by atoms with Gasteiger partial charge in [0.15, 0.2) is 0 Å². The largest absolute Gasteiger partial charge is 0.494 e. The fraction of sp³-hybridized carbons (Fsp3) is 0.548. The molecule has 0 saturated carbocycles. The molecular weight excluding hydrogens is 490 g/mol. The van der Waals surface area contributed by atoms with Crippen LogP contribution >= 0.6 is 0 Å². The Morgan fingerprint density at radius 3 is 2.46 bits per heavy atom. The summed E-state index contributed by atoms with van der Waals surface area (Å²) < 4.78 is 5.97. The van der Waals surface area contributed by atoms with Crippen molar-refractivity contribution in [2.75, 3.05) is 31.1 Å². The summed E-state index contributed by atoms with van der Waals surface area (Å²) in [4.78, 5) is 35.1. The molecule has 1 aliphatic carbocycles. The van der Waals surface area contributed by atoms with Gasteiger partial charge in [0.1, 0.15) is 5.75 Å². The van der Waals surface area contributed by atoms with Crippen LogP contribution in [0.5, 0.6) is 5.75 Å². The van der Waals surface area contributed by atoms with Crippen molar-refractivity contribution in [3.63, 3.8) is 0 Å². The van der Waals surface area contributed by atoms with Gasteiger partial charge in [-0.05, 0) is 87.1 Å². The number of unbranched alkanes of at least 4 members (excludes halogenated alkanes) is 1. The van der Waals surface area contributed by atoms with E-state index < -0.39 is 0 Å². The van der Waals surface area contributed by atoms with Crippen LogP contribution < -0.4 is 20.7 Å². The van der Waals surface area contributed by atoms with Crippen LogP contribution in [-0.2, 0) is 16.0 Å². The summed E-state index contributed by atoms with van der Waals surface area (Å²) in [7, 11) is 0. The third-order valence-corrected chi connectivity index (χ3v) is 7.55. The van der Waals surface area contributed by atoms with Crippen LogP contribution in [0, 0.1) is 11.8 Å². The molecule has 2 atom stereocenters. The Morgan fingerprint density at radius 2 is 1.87 bits per heavy atom.